The fourth-order valence-electron chi connectivity index (χ4n) is 8.18. The molecule has 12 atom stereocenters. The van der Waals surface area contributed by atoms with Crippen LogP contribution in [0, 0.1) is 71.0 Å². The van der Waals surface area contributed by atoms with E-state index in [9.17, 15) is 24.6 Å². The number of ketones is 1. The van der Waals surface area contributed by atoms with Crippen LogP contribution in [0.1, 0.15) is 108 Å². The molecule has 2 heterocycles. The van der Waals surface area contributed by atoms with E-state index in [4.69, 9.17) is 14.2 Å². The maximum absolute atomic E-state index is 13.2. The number of rotatable bonds is 14. The van der Waals surface area contributed by atoms with Gasteiger partial charge in [0.2, 0.25) is 0 Å². The summed E-state index contributed by atoms with van der Waals surface area (Å²) < 4.78 is 16.6. The molecule has 0 aromatic carbocycles. The van der Waals surface area contributed by atoms with E-state index in [-0.39, 0.29) is 35.7 Å². The molecule has 2 aliphatic heterocycles. The molecule has 0 amide bonds. The first-order chi connectivity index (χ1) is 21.6. The highest BCUT2D eigenvalue weighted by Gasteiger charge is 2.49. The van der Waals surface area contributed by atoms with Gasteiger partial charge < -0.3 is 24.4 Å². The summed E-state index contributed by atoms with van der Waals surface area (Å²) in [5, 5.41) is 18.7. The number of carbonyl (C=O) groups is 3. The van der Waals surface area contributed by atoms with E-state index in [1.54, 1.807) is 0 Å². The van der Waals surface area contributed by atoms with Crippen LogP contribution in [-0.2, 0) is 28.6 Å². The van der Waals surface area contributed by atoms with Gasteiger partial charge >= 0.3 is 11.9 Å². The van der Waals surface area contributed by atoms with E-state index >= 15 is 0 Å². The summed E-state index contributed by atoms with van der Waals surface area (Å²) in [6, 6.07) is 0. The predicted molar refractivity (Wildman–Crippen MR) is 181 cm³/mol. The van der Waals surface area contributed by atoms with Crippen molar-refractivity contribution < 1.29 is 38.8 Å². The number of allylic oxidation sites excluding steroid dienone is 1. The van der Waals surface area contributed by atoms with E-state index in [1.807, 2.05) is 27.7 Å². The maximum atomic E-state index is 13.2. The number of aliphatic carboxylic acids is 2. The minimum atomic E-state index is -0.963. The molecule has 8 heteroatoms. The van der Waals surface area contributed by atoms with Crippen LogP contribution >= 0.6 is 0 Å². The Morgan fingerprint density at radius 3 is 1.59 bits per heavy atom. The highest BCUT2D eigenvalue weighted by Crippen LogP contribution is 2.49. The van der Waals surface area contributed by atoms with Crippen molar-refractivity contribution in [3.8, 4) is 0 Å². The molecule has 0 spiro atoms. The van der Waals surface area contributed by atoms with Gasteiger partial charge in [0.1, 0.15) is 18.5 Å². The standard InChI is InChI=1S/C22H36O4.C14H24O4.C2H6/c1-13(2)8-17-9-14(3)15(4)21(20(23)7-6-18-10-25-18)22(17)16(5)24-11-19-12-26-19;1-7(2)5-10-6-8(3)9(4)11(13(15)16)12(10)14(17)18;1-2/h13-15,17-19,21-22H,5-12H2,1-4H3;7-12H,5-6H2,1-4H3,(H,15,16)(H,17,18);1-2H3. The highest BCUT2D eigenvalue weighted by atomic mass is 16.6. The predicted octanol–water partition coefficient (Wildman–Crippen LogP) is 7.99. The summed E-state index contributed by atoms with van der Waals surface area (Å²) in [5.74, 6) is 0.514. The molecule has 4 aliphatic rings. The second-order valence-corrected chi connectivity index (χ2v) is 15.4. The Kier molecular flexibility index (Phi) is 16.2. The number of ether oxygens (including phenoxy) is 3. The average Bonchev–Trinajstić information content (AvgIpc) is 3.90. The molecule has 4 rings (SSSR count). The number of carbonyl (C=O) groups excluding carboxylic acids is 1. The summed E-state index contributed by atoms with van der Waals surface area (Å²) in [5.41, 5.74) is 0. The lowest BCUT2D eigenvalue weighted by molar-refractivity contribution is -0.163. The fraction of sp³-hybridized carbons (Fsp3) is 0.868. The molecule has 4 fully saturated rings. The van der Waals surface area contributed by atoms with E-state index < -0.39 is 23.8 Å². The lowest BCUT2D eigenvalue weighted by atomic mass is 9.59. The van der Waals surface area contributed by atoms with E-state index in [1.165, 1.54) is 0 Å². The van der Waals surface area contributed by atoms with Crippen LogP contribution in [0.3, 0.4) is 0 Å². The van der Waals surface area contributed by atoms with Gasteiger partial charge in [-0.3, -0.25) is 14.4 Å². The Bertz CT molecular complexity index is 983. The molecule has 266 valence electrons. The molecule has 2 N–H and O–H groups in total. The van der Waals surface area contributed by atoms with Crippen LogP contribution < -0.4 is 0 Å². The largest absolute Gasteiger partial charge is 0.495 e. The van der Waals surface area contributed by atoms with Gasteiger partial charge in [0.05, 0.1) is 36.9 Å². The molecule has 8 nitrogen and oxygen atoms in total. The smallest absolute Gasteiger partial charge is 0.307 e. The van der Waals surface area contributed by atoms with Crippen molar-refractivity contribution in [3.63, 3.8) is 0 Å². The lowest BCUT2D eigenvalue weighted by Crippen LogP contribution is -2.46. The third-order valence-electron chi connectivity index (χ3n) is 10.9. The van der Waals surface area contributed by atoms with Crippen LogP contribution in [0.4, 0.5) is 0 Å². The van der Waals surface area contributed by atoms with Crippen LogP contribution in [0.2, 0.25) is 0 Å². The van der Waals surface area contributed by atoms with Crippen molar-refractivity contribution >= 4 is 17.7 Å². The zero-order valence-electron chi connectivity index (χ0n) is 30.5. The van der Waals surface area contributed by atoms with Gasteiger partial charge in [0.15, 0.2) is 0 Å². The van der Waals surface area contributed by atoms with Gasteiger partial charge in [-0.25, -0.2) is 0 Å². The minimum absolute atomic E-state index is 0.0187. The quantitative estimate of drug-likeness (QED) is 0.143. The van der Waals surface area contributed by atoms with Gasteiger partial charge in [-0.15, -0.1) is 0 Å². The van der Waals surface area contributed by atoms with Crippen molar-refractivity contribution in [1.29, 1.82) is 0 Å². The molecule has 12 unspecified atom stereocenters. The Balaban J connectivity index is 0.000000324. The van der Waals surface area contributed by atoms with E-state index in [0.717, 1.165) is 51.1 Å². The van der Waals surface area contributed by atoms with Crippen LogP contribution in [0.5, 0.6) is 0 Å². The lowest BCUT2D eigenvalue weighted by Gasteiger charge is -2.45. The third-order valence-corrected chi connectivity index (χ3v) is 10.9. The van der Waals surface area contributed by atoms with Gasteiger partial charge in [-0.2, -0.15) is 0 Å². The zero-order chi connectivity index (χ0) is 34.9. The molecule has 2 saturated heterocycles. The molecular weight excluding hydrogens is 584 g/mol. The Morgan fingerprint density at radius 1 is 0.739 bits per heavy atom. The molecular formula is C38H66O8. The normalized spacial score (nSPS) is 36.4. The first-order valence-electron chi connectivity index (χ1n) is 18.1. The Morgan fingerprint density at radius 2 is 1.17 bits per heavy atom. The summed E-state index contributed by atoms with van der Waals surface area (Å²) in [6.45, 7) is 27.5. The highest BCUT2D eigenvalue weighted by molar-refractivity contribution is 5.82. The van der Waals surface area contributed by atoms with E-state index in [0.29, 0.717) is 54.5 Å². The first-order valence-corrected chi connectivity index (χ1v) is 18.1. The third kappa shape index (κ3) is 11.6. The fourth-order valence-corrected chi connectivity index (χ4v) is 8.18. The van der Waals surface area contributed by atoms with Gasteiger partial charge in [0.25, 0.3) is 0 Å². The van der Waals surface area contributed by atoms with Crippen LogP contribution in [0.25, 0.3) is 0 Å². The average molecular weight is 651 g/mol. The Labute approximate surface area is 279 Å². The number of carboxylic acid groups (broad SMARTS) is 2. The molecule has 0 aromatic heterocycles. The SMILES string of the molecule is C=C(OCC1CO1)C1C(CC(C)C)CC(C)C(C)C1C(=O)CCC1CO1.CC.CC(C)CC1CC(C)C(C)C(C(=O)O)C1C(=O)O. The van der Waals surface area contributed by atoms with Gasteiger partial charge in [0, 0.05) is 18.3 Å². The first kappa shape index (κ1) is 40.2. The summed E-state index contributed by atoms with van der Waals surface area (Å²) >= 11 is 0. The number of carboxylic acids is 2. The summed E-state index contributed by atoms with van der Waals surface area (Å²) in [7, 11) is 0. The van der Waals surface area contributed by atoms with E-state index in [2.05, 4.69) is 48.1 Å². The molecule has 0 aromatic rings. The molecule has 0 bridgehead atoms. The molecule has 46 heavy (non-hydrogen) atoms. The number of hydrogen-bond acceptors (Lipinski definition) is 6. The monoisotopic (exact) mass is 650 g/mol. The minimum Gasteiger partial charge on any atom is -0.495 e. The maximum Gasteiger partial charge on any atom is 0.307 e. The Hall–Kier alpha value is -1.93. The second kappa shape index (κ2) is 18.6. The number of Topliss-reactive ketones (excluding diaryl/α,β-unsaturated/α-hetero) is 1. The number of epoxide rings is 2. The number of hydrogen-bond donors (Lipinski definition) is 2. The van der Waals surface area contributed by atoms with Gasteiger partial charge in [-0.1, -0.05) is 75.8 Å². The van der Waals surface area contributed by atoms with Crippen LogP contribution in [0.15, 0.2) is 12.3 Å². The van der Waals surface area contributed by atoms with Crippen molar-refractivity contribution in [3.05, 3.63) is 12.3 Å². The molecule has 2 aliphatic carbocycles. The zero-order valence-corrected chi connectivity index (χ0v) is 30.5. The van der Waals surface area contributed by atoms with Gasteiger partial charge in [-0.05, 0) is 79.4 Å². The summed E-state index contributed by atoms with van der Waals surface area (Å²) in [4.78, 5) is 36.0. The van der Waals surface area contributed by atoms with Crippen molar-refractivity contribution in [2.45, 2.75) is 120 Å². The van der Waals surface area contributed by atoms with Crippen molar-refractivity contribution in [2.75, 3.05) is 19.8 Å². The van der Waals surface area contributed by atoms with Crippen LogP contribution in [-0.4, -0.2) is 60.0 Å². The molecule has 0 radical (unpaired) electrons. The van der Waals surface area contributed by atoms with Crippen molar-refractivity contribution in [1.82, 2.24) is 0 Å². The topological polar surface area (TPSA) is 126 Å². The molecule has 2 saturated carbocycles. The second-order valence-electron chi connectivity index (χ2n) is 15.4. The summed E-state index contributed by atoms with van der Waals surface area (Å²) in [6.07, 6.45) is 5.90. The van der Waals surface area contributed by atoms with Crippen molar-refractivity contribution in [2.24, 2.45) is 71.0 Å².